The van der Waals surface area contributed by atoms with Crippen molar-refractivity contribution in [1.82, 2.24) is 4.90 Å². The molecule has 1 fully saturated rings. The minimum absolute atomic E-state index is 0.0424. The van der Waals surface area contributed by atoms with E-state index in [4.69, 9.17) is 16.3 Å². The average molecular weight is 464 g/mol. The summed E-state index contributed by atoms with van der Waals surface area (Å²) in [5.74, 6) is -1.18. The number of hydrogen-bond acceptors (Lipinski definition) is 4. The number of benzene rings is 2. The molecule has 1 heterocycles. The molecular formula is C26H23ClFN3O2. The maximum Gasteiger partial charge on any atom is 0.266 e. The smallest absolute Gasteiger partial charge is 0.266 e. The van der Waals surface area contributed by atoms with Gasteiger partial charge in [-0.05, 0) is 66.0 Å². The van der Waals surface area contributed by atoms with Crippen molar-refractivity contribution in [2.45, 2.75) is 12.8 Å². The van der Waals surface area contributed by atoms with Crippen LogP contribution in [0.3, 0.4) is 0 Å². The van der Waals surface area contributed by atoms with Crippen molar-refractivity contribution in [1.29, 1.82) is 5.26 Å². The summed E-state index contributed by atoms with van der Waals surface area (Å²) < 4.78 is 19.5. The van der Waals surface area contributed by atoms with Crippen LogP contribution < -0.4 is 5.32 Å². The number of nitrogens with one attached hydrogen (secondary N) is 1. The molecule has 2 aromatic rings. The van der Waals surface area contributed by atoms with Crippen molar-refractivity contribution in [3.8, 4) is 6.07 Å². The minimum Gasteiger partial charge on any atom is -0.378 e. The monoisotopic (exact) mass is 463 g/mol. The summed E-state index contributed by atoms with van der Waals surface area (Å²) in [6, 6.07) is 15.5. The second kappa shape index (κ2) is 10.5. The first-order chi connectivity index (χ1) is 16.0. The fraction of sp³-hybridized carbons (Fsp3) is 0.231. The highest BCUT2D eigenvalue weighted by atomic mass is 35.5. The number of hydrogen-bond donors (Lipinski definition) is 1. The molecule has 0 atom stereocenters. The Bertz CT molecular complexity index is 1170. The van der Waals surface area contributed by atoms with Crippen LogP contribution in [-0.2, 0) is 9.53 Å². The van der Waals surface area contributed by atoms with E-state index in [9.17, 15) is 14.4 Å². The molecule has 4 rings (SSSR count). The Morgan fingerprint density at radius 1 is 1.12 bits per heavy atom. The van der Waals surface area contributed by atoms with Gasteiger partial charge in [0, 0.05) is 23.8 Å². The zero-order chi connectivity index (χ0) is 23.2. The fourth-order valence-corrected chi connectivity index (χ4v) is 4.15. The van der Waals surface area contributed by atoms with Crippen LogP contribution in [0.5, 0.6) is 0 Å². The van der Waals surface area contributed by atoms with E-state index in [1.807, 2.05) is 30.3 Å². The number of anilines is 1. The molecule has 1 aliphatic carbocycles. The predicted molar refractivity (Wildman–Crippen MR) is 127 cm³/mol. The lowest BCUT2D eigenvalue weighted by atomic mass is 10.1. The van der Waals surface area contributed by atoms with Gasteiger partial charge in [-0.25, -0.2) is 4.39 Å². The predicted octanol–water partition coefficient (Wildman–Crippen LogP) is 5.33. The van der Waals surface area contributed by atoms with E-state index >= 15 is 0 Å². The van der Waals surface area contributed by atoms with E-state index < -0.39 is 11.7 Å². The SMILES string of the molecule is N#C/C(=C/C1=C(N2CCOCC2)C(=C/c2ccc(Cl)cc2)/CC1)C(=O)Nc1ccccc1F. The van der Waals surface area contributed by atoms with Gasteiger partial charge in [0.05, 0.1) is 18.9 Å². The Balaban J connectivity index is 1.68. The molecule has 2 aromatic carbocycles. The van der Waals surface area contributed by atoms with Gasteiger partial charge in [0.1, 0.15) is 17.5 Å². The molecule has 33 heavy (non-hydrogen) atoms. The van der Waals surface area contributed by atoms with Crippen molar-refractivity contribution in [3.05, 3.63) is 93.4 Å². The second-order valence-electron chi connectivity index (χ2n) is 7.80. The molecule has 168 valence electrons. The molecule has 2 aliphatic rings. The molecule has 5 nitrogen and oxygen atoms in total. The van der Waals surface area contributed by atoms with E-state index in [1.54, 1.807) is 18.2 Å². The van der Waals surface area contributed by atoms with Gasteiger partial charge in [-0.1, -0.05) is 35.9 Å². The van der Waals surface area contributed by atoms with Crippen LogP contribution in [0.1, 0.15) is 18.4 Å². The van der Waals surface area contributed by atoms with Gasteiger partial charge in [0.2, 0.25) is 0 Å². The Labute approximate surface area is 197 Å². The molecule has 0 saturated carbocycles. The van der Waals surface area contributed by atoms with Gasteiger partial charge in [0.25, 0.3) is 5.91 Å². The zero-order valence-electron chi connectivity index (χ0n) is 18.0. The summed E-state index contributed by atoms with van der Waals surface area (Å²) in [5.41, 5.74) is 4.09. The van der Waals surface area contributed by atoms with Gasteiger partial charge in [-0.2, -0.15) is 5.26 Å². The number of nitrogens with zero attached hydrogens (tertiary/aromatic N) is 2. The highest BCUT2D eigenvalue weighted by molar-refractivity contribution is 6.30. The van der Waals surface area contributed by atoms with Crippen molar-refractivity contribution in [2.75, 3.05) is 31.6 Å². The molecule has 1 saturated heterocycles. The third-order valence-electron chi connectivity index (χ3n) is 5.62. The number of allylic oxidation sites excluding steroid dienone is 3. The van der Waals surface area contributed by atoms with E-state index in [0.717, 1.165) is 41.9 Å². The maximum absolute atomic E-state index is 13.9. The maximum atomic E-state index is 13.9. The number of morpholine rings is 1. The lowest BCUT2D eigenvalue weighted by molar-refractivity contribution is -0.112. The van der Waals surface area contributed by atoms with Gasteiger partial charge in [0.15, 0.2) is 0 Å². The Morgan fingerprint density at radius 2 is 1.85 bits per heavy atom. The molecule has 7 heteroatoms. The molecule has 0 aromatic heterocycles. The first-order valence-electron chi connectivity index (χ1n) is 10.7. The van der Waals surface area contributed by atoms with Gasteiger partial charge in [-0.15, -0.1) is 0 Å². The normalized spacial score (nSPS) is 17.9. The highest BCUT2D eigenvalue weighted by Gasteiger charge is 2.26. The lowest BCUT2D eigenvalue weighted by Gasteiger charge is -2.31. The lowest BCUT2D eigenvalue weighted by Crippen LogP contribution is -2.36. The molecule has 1 aliphatic heterocycles. The summed E-state index contributed by atoms with van der Waals surface area (Å²) in [6.07, 6.45) is 5.23. The van der Waals surface area contributed by atoms with Crippen molar-refractivity contribution >= 4 is 29.3 Å². The van der Waals surface area contributed by atoms with Crippen LogP contribution >= 0.6 is 11.6 Å². The van der Waals surface area contributed by atoms with Crippen LogP contribution in [0.4, 0.5) is 10.1 Å². The van der Waals surface area contributed by atoms with Crippen LogP contribution in [0.25, 0.3) is 6.08 Å². The molecule has 0 unspecified atom stereocenters. The second-order valence-corrected chi connectivity index (χ2v) is 8.23. The fourth-order valence-electron chi connectivity index (χ4n) is 4.02. The summed E-state index contributed by atoms with van der Waals surface area (Å²) in [6.45, 7) is 2.70. The van der Waals surface area contributed by atoms with E-state index in [0.29, 0.717) is 24.7 Å². The number of amides is 1. The van der Waals surface area contributed by atoms with E-state index in [1.165, 1.54) is 12.1 Å². The number of ether oxygens (including phenoxy) is 1. The number of halogens is 2. The molecule has 1 amide bonds. The van der Waals surface area contributed by atoms with E-state index in [2.05, 4.69) is 16.3 Å². The number of para-hydroxylation sites is 1. The largest absolute Gasteiger partial charge is 0.378 e. The van der Waals surface area contributed by atoms with Crippen molar-refractivity contribution < 1.29 is 13.9 Å². The van der Waals surface area contributed by atoms with E-state index in [-0.39, 0.29) is 11.3 Å². The van der Waals surface area contributed by atoms with Gasteiger partial charge in [-0.3, -0.25) is 4.79 Å². The third kappa shape index (κ3) is 5.51. The van der Waals surface area contributed by atoms with Crippen molar-refractivity contribution in [2.24, 2.45) is 0 Å². The number of rotatable bonds is 5. The Kier molecular flexibility index (Phi) is 7.23. The van der Waals surface area contributed by atoms with Gasteiger partial charge < -0.3 is 15.0 Å². The summed E-state index contributed by atoms with van der Waals surface area (Å²) in [7, 11) is 0. The molecule has 0 bridgehead atoms. The topological polar surface area (TPSA) is 65.4 Å². The van der Waals surface area contributed by atoms with Crippen LogP contribution in [0.2, 0.25) is 5.02 Å². The summed E-state index contributed by atoms with van der Waals surface area (Å²) in [4.78, 5) is 15.0. The Hall–Kier alpha value is -3.40. The van der Waals surface area contributed by atoms with Crippen LogP contribution in [-0.4, -0.2) is 37.1 Å². The minimum atomic E-state index is -0.633. The summed E-state index contributed by atoms with van der Waals surface area (Å²) >= 11 is 6.02. The average Bonchev–Trinajstić information content (AvgIpc) is 3.22. The summed E-state index contributed by atoms with van der Waals surface area (Å²) in [5, 5.41) is 12.8. The van der Waals surface area contributed by atoms with Gasteiger partial charge >= 0.3 is 0 Å². The standard InChI is InChI=1S/C26H23ClFN3O2/c27-22-9-5-18(6-10-22)15-19-7-8-20(25(19)31-11-13-33-14-12-31)16-21(17-29)26(32)30-24-4-2-1-3-23(24)28/h1-6,9-10,15-16H,7-8,11-14H2,(H,30,32)/b19-15+,21-16-. The number of carbonyl (C=O) groups is 1. The first-order valence-corrected chi connectivity index (χ1v) is 11.1. The third-order valence-corrected chi connectivity index (χ3v) is 5.87. The van der Waals surface area contributed by atoms with Crippen molar-refractivity contribution in [3.63, 3.8) is 0 Å². The quantitative estimate of drug-likeness (QED) is 0.480. The highest BCUT2D eigenvalue weighted by Crippen LogP contribution is 2.37. The first kappa shape index (κ1) is 22.8. The molecular weight excluding hydrogens is 441 g/mol. The number of nitriles is 1. The Morgan fingerprint density at radius 3 is 2.55 bits per heavy atom. The molecule has 1 N–H and O–H groups in total. The van der Waals surface area contributed by atoms with Crippen LogP contribution in [0.15, 0.2) is 77.0 Å². The molecule has 0 radical (unpaired) electrons. The van der Waals surface area contributed by atoms with Crippen LogP contribution in [0, 0.1) is 17.1 Å². The number of carbonyl (C=O) groups excluding carboxylic acids is 1. The molecule has 0 spiro atoms. The zero-order valence-corrected chi connectivity index (χ0v) is 18.7.